The van der Waals surface area contributed by atoms with Crippen LogP contribution in [-0.2, 0) is 22.8 Å². The van der Waals surface area contributed by atoms with E-state index in [0.717, 1.165) is 30.1 Å². The smallest absolute Gasteiger partial charge is 0.280 e. The van der Waals surface area contributed by atoms with Gasteiger partial charge in [-0.05, 0) is 37.7 Å². The van der Waals surface area contributed by atoms with Gasteiger partial charge in [-0.2, -0.15) is 0 Å². The molecule has 2 aromatic heterocycles. The van der Waals surface area contributed by atoms with Gasteiger partial charge in [0.05, 0.1) is 29.3 Å². The third-order valence-corrected chi connectivity index (χ3v) is 9.04. The lowest BCUT2D eigenvalue weighted by atomic mass is 10.1. The van der Waals surface area contributed by atoms with Gasteiger partial charge in [0.25, 0.3) is 11.8 Å². The summed E-state index contributed by atoms with van der Waals surface area (Å²) >= 11 is 1.31. The summed E-state index contributed by atoms with van der Waals surface area (Å²) in [7, 11) is -1.36. The highest BCUT2D eigenvalue weighted by atomic mass is 35.5. The Labute approximate surface area is 211 Å². The molecule has 9 nitrogen and oxygen atoms in total. The average Bonchev–Trinajstić information content (AvgIpc) is 3.38. The summed E-state index contributed by atoms with van der Waals surface area (Å²) in [6.07, 6.45) is 0.938. The normalized spacial score (nSPS) is 21.7. The maximum Gasteiger partial charge on any atom is 0.280 e. The topological polar surface area (TPSA) is 124 Å². The van der Waals surface area contributed by atoms with Crippen molar-refractivity contribution in [3.8, 4) is 0 Å². The predicted octanol–water partition coefficient (Wildman–Crippen LogP) is 1.89. The van der Waals surface area contributed by atoms with Gasteiger partial charge in [0.1, 0.15) is 11.5 Å². The summed E-state index contributed by atoms with van der Waals surface area (Å²) < 4.78 is 38.1. The fraction of sp³-hybridized carbons (Fsp3) is 0.409. The minimum absolute atomic E-state index is 0. The molecule has 0 radical (unpaired) electrons. The van der Waals surface area contributed by atoms with E-state index in [1.807, 2.05) is 7.05 Å². The first-order chi connectivity index (χ1) is 16.2. The standard InChI is InChI=1S/C22H24FN5O4S2.ClH/c1-28-6-4-16-19(10-28)33-22(27-16)21(30)26-18-11-34(31,32)7-5-15(18)25-20(29)17-9-12-8-13(23)2-3-14(12)24-17;/h2-3,8-9,15,18,24H,4-7,10-11H2,1H3,(H,25,29)(H,26,30);1H/t15-,18-;/m0./s1. The van der Waals surface area contributed by atoms with E-state index in [2.05, 4.69) is 25.5 Å². The van der Waals surface area contributed by atoms with Crippen LogP contribution < -0.4 is 10.6 Å². The summed E-state index contributed by atoms with van der Waals surface area (Å²) in [4.78, 5) is 36.4. The van der Waals surface area contributed by atoms with Gasteiger partial charge in [0.2, 0.25) is 0 Å². The highest BCUT2D eigenvalue weighted by Crippen LogP contribution is 2.25. The molecule has 0 saturated carbocycles. The number of hydrogen-bond acceptors (Lipinski definition) is 7. The van der Waals surface area contributed by atoms with Crippen LogP contribution in [0.4, 0.5) is 4.39 Å². The Morgan fingerprint density at radius 3 is 2.77 bits per heavy atom. The quantitative estimate of drug-likeness (QED) is 0.463. The molecule has 0 aliphatic carbocycles. The number of aromatic nitrogens is 2. The largest absolute Gasteiger partial charge is 0.351 e. The highest BCUT2D eigenvalue weighted by Gasteiger charge is 2.36. The number of H-pyrrole nitrogens is 1. The summed E-state index contributed by atoms with van der Waals surface area (Å²) in [6.45, 7) is 1.60. The SMILES string of the molecule is CN1CCc2nc(C(=O)N[C@H]3CS(=O)(=O)CC[C@@H]3NC(=O)c3cc4cc(F)ccc4[nH]3)sc2C1.Cl. The Hall–Kier alpha value is -2.54. The van der Waals surface area contributed by atoms with E-state index in [0.29, 0.717) is 15.9 Å². The van der Waals surface area contributed by atoms with Gasteiger partial charge in [0.15, 0.2) is 14.8 Å². The van der Waals surface area contributed by atoms with Gasteiger partial charge in [-0.25, -0.2) is 17.8 Å². The molecule has 5 rings (SSSR count). The van der Waals surface area contributed by atoms with Gasteiger partial charge in [0, 0.05) is 35.3 Å². The molecule has 2 atom stereocenters. The number of carbonyl (C=O) groups excluding carboxylic acids is 2. The molecule has 2 aliphatic heterocycles. The molecular formula is C22H25ClFN5O4S2. The molecule has 0 unspecified atom stereocenters. The first-order valence-electron chi connectivity index (χ1n) is 10.9. The molecule has 2 aliphatic rings. The second-order valence-corrected chi connectivity index (χ2v) is 12.2. The number of likely N-dealkylation sites (N-methyl/N-ethyl adjacent to an activating group) is 1. The van der Waals surface area contributed by atoms with Crippen LogP contribution in [0.2, 0.25) is 0 Å². The summed E-state index contributed by atoms with van der Waals surface area (Å²) in [5.41, 5.74) is 1.75. The van der Waals surface area contributed by atoms with Gasteiger partial charge < -0.3 is 20.5 Å². The van der Waals surface area contributed by atoms with Crippen molar-refractivity contribution in [3.05, 3.63) is 51.4 Å². The maximum atomic E-state index is 13.5. The number of nitrogens with one attached hydrogen (secondary N) is 3. The second-order valence-electron chi connectivity index (χ2n) is 8.85. The number of thiazole rings is 1. The van der Waals surface area contributed by atoms with Crippen molar-refractivity contribution in [1.82, 2.24) is 25.5 Å². The third kappa shape index (κ3) is 5.50. The number of hydrogen-bond donors (Lipinski definition) is 3. The lowest BCUT2D eigenvalue weighted by Crippen LogP contribution is -2.58. The van der Waals surface area contributed by atoms with E-state index in [9.17, 15) is 22.4 Å². The van der Waals surface area contributed by atoms with Crippen LogP contribution in [0.3, 0.4) is 0 Å². The number of fused-ring (bicyclic) bond motifs is 2. The summed E-state index contributed by atoms with van der Waals surface area (Å²) in [6, 6.07) is 4.34. The van der Waals surface area contributed by atoms with Crippen molar-refractivity contribution in [2.24, 2.45) is 0 Å². The highest BCUT2D eigenvalue weighted by molar-refractivity contribution is 7.91. The van der Waals surface area contributed by atoms with Crippen LogP contribution in [0.1, 0.15) is 37.3 Å². The van der Waals surface area contributed by atoms with Crippen molar-refractivity contribution < 1.29 is 22.4 Å². The van der Waals surface area contributed by atoms with Crippen molar-refractivity contribution >= 4 is 56.3 Å². The number of rotatable bonds is 4. The Morgan fingerprint density at radius 1 is 1.20 bits per heavy atom. The lowest BCUT2D eigenvalue weighted by molar-refractivity contribution is 0.0882. The zero-order valence-corrected chi connectivity index (χ0v) is 21.3. The van der Waals surface area contributed by atoms with Gasteiger partial charge in [-0.3, -0.25) is 9.59 Å². The molecule has 1 saturated heterocycles. The zero-order chi connectivity index (χ0) is 24.0. The molecule has 4 heterocycles. The number of amides is 2. The van der Waals surface area contributed by atoms with Gasteiger partial charge in [-0.1, -0.05) is 0 Å². The Bertz CT molecular complexity index is 1390. The molecule has 0 spiro atoms. The fourth-order valence-electron chi connectivity index (χ4n) is 4.42. The van der Waals surface area contributed by atoms with Crippen molar-refractivity contribution in [1.29, 1.82) is 0 Å². The maximum absolute atomic E-state index is 13.5. The minimum Gasteiger partial charge on any atom is -0.351 e. The number of sulfone groups is 1. The minimum atomic E-state index is -3.37. The predicted molar refractivity (Wildman–Crippen MR) is 133 cm³/mol. The molecule has 1 aromatic carbocycles. The van der Waals surface area contributed by atoms with E-state index in [4.69, 9.17) is 0 Å². The van der Waals surface area contributed by atoms with E-state index in [1.54, 1.807) is 6.07 Å². The van der Waals surface area contributed by atoms with E-state index in [-0.39, 0.29) is 36.0 Å². The number of benzene rings is 1. The van der Waals surface area contributed by atoms with Crippen molar-refractivity contribution in [3.63, 3.8) is 0 Å². The Morgan fingerprint density at radius 2 is 1.97 bits per heavy atom. The van der Waals surface area contributed by atoms with E-state index < -0.39 is 39.6 Å². The zero-order valence-electron chi connectivity index (χ0n) is 18.8. The molecule has 188 valence electrons. The summed E-state index contributed by atoms with van der Waals surface area (Å²) in [5, 5.41) is 6.49. The third-order valence-electron chi connectivity index (χ3n) is 6.24. The first kappa shape index (κ1) is 25.5. The summed E-state index contributed by atoms with van der Waals surface area (Å²) in [5.74, 6) is -1.65. The Kier molecular flexibility index (Phi) is 7.18. The Balaban J connectivity index is 0.00000289. The van der Waals surface area contributed by atoms with Crippen LogP contribution in [-0.4, -0.2) is 72.3 Å². The van der Waals surface area contributed by atoms with Crippen LogP contribution in [0.5, 0.6) is 0 Å². The van der Waals surface area contributed by atoms with Gasteiger partial charge in [-0.15, -0.1) is 23.7 Å². The number of halogens is 2. The molecule has 3 aromatic rings. The first-order valence-corrected chi connectivity index (χ1v) is 13.6. The lowest BCUT2D eigenvalue weighted by Gasteiger charge is -2.32. The molecular weight excluding hydrogens is 517 g/mol. The van der Waals surface area contributed by atoms with Crippen molar-refractivity contribution in [2.45, 2.75) is 31.5 Å². The van der Waals surface area contributed by atoms with Crippen LogP contribution in [0, 0.1) is 5.82 Å². The van der Waals surface area contributed by atoms with E-state index in [1.165, 1.54) is 29.5 Å². The second kappa shape index (κ2) is 9.84. The molecule has 0 bridgehead atoms. The van der Waals surface area contributed by atoms with Crippen LogP contribution >= 0.6 is 23.7 Å². The number of nitrogens with zero attached hydrogens (tertiary/aromatic N) is 2. The molecule has 13 heteroatoms. The van der Waals surface area contributed by atoms with E-state index >= 15 is 0 Å². The number of carbonyl (C=O) groups is 2. The molecule has 3 N–H and O–H groups in total. The molecule has 1 fully saturated rings. The monoisotopic (exact) mass is 541 g/mol. The molecule has 35 heavy (non-hydrogen) atoms. The van der Waals surface area contributed by atoms with Crippen LogP contribution in [0.25, 0.3) is 10.9 Å². The van der Waals surface area contributed by atoms with Gasteiger partial charge >= 0.3 is 0 Å². The molecule has 2 amide bonds. The van der Waals surface area contributed by atoms with Crippen molar-refractivity contribution in [2.75, 3.05) is 25.1 Å². The number of aromatic amines is 1. The average molecular weight is 542 g/mol. The van der Waals surface area contributed by atoms with Crippen LogP contribution in [0.15, 0.2) is 24.3 Å². The fourth-order valence-corrected chi connectivity index (χ4v) is 7.15.